The van der Waals surface area contributed by atoms with Gasteiger partial charge >= 0.3 is 6.09 Å². The van der Waals surface area contributed by atoms with Crippen LogP contribution in [-0.4, -0.2) is 46.0 Å². The average molecular weight is 532 g/mol. The zero-order valence-corrected chi connectivity index (χ0v) is 26.0. The summed E-state index contributed by atoms with van der Waals surface area (Å²) in [5.41, 5.74) is 1.44. The molecule has 0 saturated carbocycles. The number of hydrogen-bond acceptors (Lipinski definition) is 4. The standard InChI is InChI=1S/C31H53N3O4/c1-13-16-22(6)32-27(35)26(24-18-15-17-21(5)23(24)7)34(31(11,12)14-2)28(36)25(19-20(3)4)33-29(37)38-30(8,9)10/h15,17-18,20,22,25-26H,13-14,16,19H2,1-12H3,(H,32,35)(H,33,37). The van der Waals surface area contributed by atoms with E-state index in [9.17, 15) is 14.4 Å². The number of hydrogen-bond donors (Lipinski definition) is 2. The van der Waals surface area contributed by atoms with Gasteiger partial charge in [0.1, 0.15) is 17.7 Å². The van der Waals surface area contributed by atoms with Crippen LogP contribution in [0.3, 0.4) is 0 Å². The van der Waals surface area contributed by atoms with E-state index in [-0.39, 0.29) is 23.8 Å². The van der Waals surface area contributed by atoms with Crippen LogP contribution in [0.1, 0.15) is 118 Å². The van der Waals surface area contributed by atoms with Gasteiger partial charge in [-0.25, -0.2) is 4.79 Å². The maximum atomic E-state index is 14.5. The summed E-state index contributed by atoms with van der Waals surface area (Å²) in [5.74, 6) is -0.376. The summed E-state index contributed by atoms with van der Waals surface area (Å²) in [6.07, 6.45) is 2.18. The Morgan fingerprint density at radius 3 is 2.08 bits per heavy atom. The highest BCUT2D eigenvalue weighted by Gasteiger charge is 2.44. The van der Waals surface area contributed by atoms with Crippen LogP contribution in [0, 0.1) is 19.8 Å². The summed E-state index contributed by atoms with van der Waals surface area (Å²) in [7, 11) is 0. The zero-order chi connectivity index (χ0) is 29.4. The predicted octanol–water partition coefficient (Wildman–Crippen LogP) is 6.61. The first-order valence-corrected chi connectivity index (χ1v) is 14.1. The smallest absolute Gasteiger partial charge is 0.408 e. The first-order valence-electron chi connectivity index (χ1n) is 14.1. The van der Waals surface area contributed by atoms with E-state index in [4.69, 9.17) is 4.74 Å². The van der Waals surface area contributed by atoms with Gasteiger partial charge in [-0.3, -0.25) is 9.59 Å². The van der Waals surface area contributed by atoms with Gasteiger partial charge < -0.3 is 20.3 Å². The van der Waals surface area contributed by atoms with Crippen molar-refractivity contribution in [2.24, 2.45) is 5.92 Å². The second-order valence-corrected chi connectivity index (χ2v) is 12.6. The molecule has 7 nitrogen and oxygen atoms in total. The molecule has 0 radical (unpaired) electrons. The molecule has 0 fully saturated rings. The molecule has 2 N–H and O–H groups in total. The lowest BCUT2D eigenvalue weighted by molar-refractivity contribution is -0.150. The third-order valence-corrected chi connectivity index (χ3v) is 7.01. The molecule has 0 aliphatic carbocycles. The number of aryl methyl sites for hydroxylation is 1. The van der Waals surface area contributed by atoms with Crippen molar-refractivity contribution in [1.29, 1.82) is 0 Å². The fourth-order valence-corrected chi connectivity index (χ4v) is 4.55. The lowest BCUT2D eigenvalue weighted by Crippen LogP contribution is -2.60. The average Bonchev–Trinajstić information content (AvgIpc) is 2.77. The molecule has 38 heavy (non-hydrogen) atoms. The fraction of sp³-hybridized carbons (Fsp3) is 0.710. The van der Waals surface area contributed by atoms with Gasteiger partial charge in [-0.2, -0.15) is 0 Å². The summed E-state index contributed by atoms with van der Waals surface area (Å²) in [6, 6.07) is 4.14. The molecule has 216 valence electrons. The lowest BCUT2D eigenvalue weighted by atomic mass is 9.88. The minimum Gasteiger partial charge on any atom is -0.444 e. The summed E-state index contributed by atoms with van der Waals surface area (Å²) < 4.78 is 5.50. The summed E-state index contributed by atoms with van der Waals surface area (Å²) in [5, 5.41) is 5.99. The Kier molecular flexibility index (Phi) is 12.3. The molecule has 3 unspecified atom stereocenters. The van der Waals surface area contributed by atoms with Crippen molar-refractivity contribution in [2.45, 2.75) is 138 Å². The quantitative estimate of drug-likeness (QED) is 0.318. The number of ether oxygens (including phenoxy) is 1. The highest BCUT2D eigenvalue weighted by atomic mass is 16.6. The van der Waals surface area contributed by atoms with Gasteiger partial charge in [0.15, 0.2) is 0 Å². The Labute approximate surface area is 231 Å². The SMILES string of the molecule is CCCC(C)NC(=O)C(c1cccc(C)c1C)N(C(=O)C(CC(C)C)NC(=O)OC(C)(C)C)C(C)(C)CC. The third-order valence-electron chi connectivity index (χ3n) is 7.01. The number of benzene rings is 1. The van der Waals surface area contributed by atoms with Gasteiger partial charge in [-0.05, 0) is 97.3 Å². The third kappa shape index (κ3) is 9.63. The van der Waals surface area contributed by atoms with Crippen LogP contribution in [0.15, 0.2) is 18.2 Å². The fourth-order valence-electron chi connectivity index (χ4n) is 4.55. The maximum absolute atomic E-state index is 14.5. The van der Waals surface area contributed by atoms with Crippen LogP contribution in [0.2, 0.25) is 0 Å². The molecule has 0 aromatic heterocycles. The Hall–Kier alpha value is -2.57. The number of carbonyl (C=O) groups is 3. The van der Waals surface area contributed by atoms with Gasteiger partial charge in [-0.15, -0.1) is 0 Å². The molecular formula is C31H53N3O4. The molecule has 0 aliphatic heterocycles. The molecule has 0 spiro atoms. The van der Waals surface area contributed by atoms with Crippen molar-refractivity contribution in [3.05, 3.63) is 34.9 Å². The van der Waals surface area contributed by atoms with E-state index in [1.165, 1.54) is 0 Å². The van der Waals surface area contributed by atoms with Crippen molar-refractivity contribution >= 4 is 17.9 Å². The molecule has 0 saturated heterocycles. The van der Waals surface area contributed by atoms with E-state index < -0.39 is 29.3 Å². The molecule has 0 heterocycles. The van der Waals surface area contributed by atoms with Crippen LogP contribution >= 0.6 is 0 Å². The van der Waals surface area contributed by atoms with Crippen LogP contribution < -0.4 is 10.6 Å². The molecule has 3 atom stereocenters. The second-order valence-electron chi connectivity index (χ2n) is 12.6. The second kappa shape index (κ2) is 14.0. The van der Waals surface area contributed by atoms with Crippen LogP contribution in [0.5, 0.6) is 0 Å². The van der Waals surface area contributed by atoms with E-state index in [2.05, 4.69) is 17.6 Å². The van der Waals surface area contributed by atoms with Gasteiger partial charge in [0, 0.05) is 11.6 Å². The summed E-state index contributed by atoms with van der Waals surface area (Å²) >= 11 is 0. The van der Waals surface area contributed by atoms with Crippen molar-refractivity contribution in [3.8, 4) is 0 Å². The molecular weight excluding hydrogens is 478 g/mol. The van der Waals surface area contributed by atoms with E-state index >= 15 is 0 Å². The Morgan fingerprint density at radius 1 is 0.974 bits per heavy atom. The van der Waals surface area contributed by atoms with Gasteiger partial charge in [0.2, 0.25) is 11.8 Å². The first kappa shape index (κ1) is 33.5. The minimum atomic E-state index is -0.855. The Balaban J connectivity index is 3.74. The molecule has 1 aromatic carbocycles. The molecule has 1 aromatic rings. The predicted molar refractivity (Wildman–Crippen MR) is 155 cm³/mol. The normalized spacial score (nSPS) is 14.4. The molecule has 0 aliphatic rings. The highest BCUT2D eigenvalue weighted by molar-refractivity contribution is 5.93. The van der Waals surface area contributed by atoms with Gasteiger partial charge in [-0.1, -0.05) is 52.3 Å². The molecule has 3 amide bonds. The van der Waals surface area contributed by atoms with Crippen LogP contribution in [0.4, 0.5) is 4.79 Å². The molecule has 7 heteroatoms. The monoisotopic (exact) mass is 531 g/mol. The van der Waals surface area contributed by atoms with Crippen molar-refractivity contribution < 1.29 is 19.1 Å². The van der Waals surface area contributed by atoms with E-state index in [1.807, 2.05) is 73.6 Å². The number of nitrogens with zero attached hydrogens (tertiary/aromatic N) is 1. The number of nitrogens with one attached hydrogen (secondary N) is 2. The summed E-state index contributed by atoms with van der Waals surface area (Å²) in [4.78, 5) is 43.0. The molecule has 0 bridgehead atoms. The number of alkyl carbamates (subject to hydrolysis) is 1. The Bertz CT molecular complexity index is 949. The minimum absolute atomic E-state index is 0.0341. The van der Waals surface area contributed by atoms with E-state index in [0.717, 1.165) is 29.5 Å². The lowest BCUT2D eigenvalue weighted by Gasteiger charge is -2.45. The van der Waals surface area contributed by atoms with Crippen molar-refractivity contribution in [3.63, 3.8) is 0 Å². The zero-order valence-electron chi connectivity index (χ0n) is 26.0. The topological polar surface area (TPSA) is 87.7 Å². The largest absolute Gasteiger partial charge is 0.444 e. The van der Waals surface area contributed by atoms with Crippen molar-refractivity contribution in [1.82, 2.24) is 15.5 Å². The number of carbonyl (C=O) groups excluding carboxylic acids is 3. The number of rotatable bonds is 12. The summed E-state index contributed by atoms with van der Waals surface area (Å²) in [6.45, 7) is 23.4. The Morgan fingerprint density at radius 2 is 1.58 bits per heavy atom. The molecule has 1 rings (SSSR count). The van der Waals surface area contributed by atoms with Gasteiger partial charge in [0.25, 0.3) is 0 Å². The van der Waals surface area contributed by atoms with Crippen LogP contribution in [-0.2, 0) is 14.3 Å². The van der Waals surface area contributed by atoms with Gasteiger partial charge in [0.05, 0.1) is 0 Å². The first-order chi connectivity index (χ1) is 17.4. The van der Waals surface area contributed by atoms with Crippen molar-refractivity contribution in [2.75, 3.05) is 0 Å². The highest BCUT2D eigenvalue weighted by Crippen LogP contribution is 2.35. The van der Waals surface area contributed by atoms with E-state index in [0.29, 0.717) is 12.8 Å². The van der Waals surface area contributed by atoms with E-state index in [1.54, 1.807) is 25.7 Å². The maximum Gasteiger partial charge on any atom is 0.408 e. The number of amides is 3. The van der Waals surface area contributed by atoms with Crippen LogP contribution in [0.25, 0.3) is 0 Å².